The van der Waals surface area contributed by atoms with Gasteiger partial charge in [0, 0.05) is 18.4 Å². The minimum Gasteiger partial charge on any atom is -0.354 e. The van der Waals surface area contributed by atoms with Crippen molar-refractivity contribution in [2.24, 2.45) is 5.92 Å². The Morgan fingerprint density at radius 2 is 2.13 bits per heavy atom. The predicted molar refractivity (Wildman–Crippen MR) is 89.3 cm³/mol. The number of hydrogen-bond donors (Lipinski definition) is 2. The van der Waals surface area contributed by atoms with Crippen LogP contribution in [0.2, 0.25) is 5.02 Å². The minimum atomic E-state index is -0.539. The molecule has 7 heteroatoms. The summed E-state index contributed by atoms with van der Waals surface area (Å²) in [4.78, 5) is 20.4. The zero-order valence-electron chi connectivity index (χ0n) is 12.9. The Morgan fingerprint density at radius 1 is 1.35 bits per heavy atom. The van der Waals surface area contributed by atoms with Crippen LogP contribution in [0.5, 0.6) is 0 Å². The molecule has 122 valence electrons. The summed E-state index contributed by atoms with van der Waals surface area (Å²) in [6.07, 6.45) is 2.49. The van der Waals surface area contributed by atoms with E-state index in [0.717, 1.165) is 13.0 Å². The highest BCUT2D eigenvalue weighted by molar-refractivity contribution is 6.31. The number of carbonyl (C=O) groups excluding carboxylic acids is 1. The van der Waals surface area contributed by atoms with Gasteiger partial charge in [0.15, 0.2) is 0 Å². The first-order chi connectivity index (χ1) is 11.0. The van der Waals surface area contributed by atoms with E-state index in [9.17, 15) is 9.18 Å². The number of benzene rings is 1. The van der Waals surface area contributed by atoms with Crippen LogP contribution in [0, 0.1) is 11.7 Å². The molecule has 1 heterocycles. The second kappa shape index (κ2) is 7.87. The largest absolute Gasteiger partial charge is 0.354 e. The number of rotatable bonds is 6. The molecule has 0 unspecified atom stereocenters. The van der Waals surface area contributed by atoms with Gasteiger partial charge in [0.25, 0.3) is 5.91 Å². The molecule has 1 aromatic heterocycles. The maximum absolute atomic E-state index is 13.1. The zero-order valence-corrected chi connectivity index (χ0v) is 13.7. The van der Waals surface area contributed by atoms with Crippen LogP contribution in [0.15, 0.2) is 30.5 Å². The highest BCUT2D eigenvalue weighted by atomic mass is 35.5. The molecular weight excluding hydrogens is 319 g/mol. The number of halogens is 2. The van der Waals surface area contributed by atoms with Gasteiger partial charge in [-0.25, -0.2) is 14.4 Å². The third-order valence-electron chi connectivity index (χ3n) is 3.07. The summed E-state index contributed by atoms with van der Waals surface area (Å²) in [5, 5.41) is 5.64. The Bertz CT molecular complexity index is 694. The summed E-state index contributed by atoms with van der Waals surface area (Å²) in [6, 6.07) is 5.48. The molecule has 0 fully saturated rings. The first-order valence-corrected chi connectivity index (χ1v) is 7.67. The zero-order chi connectivity index (χ0) is 16.8. The lowest BCUT2D eigenvalue weighted by molar-refractivity contribution is 0.102. The Balaban J connectivity index is 2.02. The lowest BCUT2D eigenvalue weighted by Crippen LogP contribution is -2.16. The van der Waals surface area contributed by atoms with Crippen molar-refractivity contribution < 1.29 is 9.18 Å². The van der Waals surface area contributed by atoms with E-state index in [-0.39, 0.29) is 10.7 Å². The van der Waals surface area contributed by atoms with Gasteiger partial charge in [-0.05, 0) is 36.6 Å². The molecule has 0 spiro atoms. The predicted octanol–water partition coefficient (Wildman–Crippen LogP) is 3.98. The van der Waals surface area contributed by atoms with Crippen LogP contribution < -0.4 is 10.6 Å². The molecule has 2 N–H and O–H groups in total. The normalized spacial score (nSPS) is 10.7. The van der Waals surface area contributed by atoms with Crippen LogP contribution in [0.25, 0.3) is 0 Å². The molecule has 0 radical (unpaired) electrons. The summed E-state index contributed by atoms with van der Waals surface area (Å²) in [7, 11) is 0. The fourth-order valence-corrected chi connectivity index (χ4v) is 1.99. The summed E-state index contributed by atoms with van der Waals surface area (Å²) in [5.41, 5.74) is 0.613. The average molecular weight is 337 g/mol. The van der Waals surface area contributed by atoms with E-state index in [0.29, 0.717) is 17.6 Å². The molecule has 0 atom stereocenters. The quantitative estimate of drug-likeness (QED) is 0.837. The number of anilines is 2. The number of hydrogen-bond acceptors (Lipinski definition) is 4. The fourth-order valence-electron chi connectivity index (χ4n) is 1.81. The number of nitrogens with one attached hydrogen (secondary N) is 2. The van der Waals surface area contributed by atoms with Crippen molar-refractivity contribution in [1.82, 2.24) is 9.97 Å². The van der Waals surface area contributed by atoms with Gasteiger partial charge in [0.2, 0.25) is 5.95 Å². The molecule has 2 rings (SSSR count). The van der Waals surface area contributed by atoms with Crippen molar-refractivity contribution in [3.8, 4) is 0 Å². The van der Waals surface area contributed by atoms with Gasteiger partial charge in [-0.2, -0.15) is 0 Å². The standard InChI is InChI=1S/C16H18ClFN4O/c1-10(2)5-7-19-16-20-8-6-14(22-16)15(23)21-11-3-4-13(18)12(17)9-11/h3-4,6,8-10H,5,7H2,1-2H3,(H,21,23)(H,19,20,22). The van der Waals surface area contributed by atoms with Crippen LogP contribution in [0.1, 0.15) is 30.8 Å². The van der Waals surface area contributed by atoms with Crippen LogP contribution in [-0.4, -0.2) is 22.4 Å². The van der Waals surface area contributed by atoms with E-state index < -0.39 is 11.7 Å². The van der Waals surface area contributed by atoms with Gasteiger partial charge in [0.1, 0.15) is 11.5 Å². The second-order valence-corrected chi connectivity index (χ2v) is 5.86. The molecule has 0 saturated carbocycles. The van der Waals surface area contributed by atoms with Gasteiger partial charge in [0.05, 0.1) is 5.02 Å². The van der Waals surface area contributed by atoms with Crippen molar-refractivity contribution in [1.29, 1.82) is 0 Å². The molecule has 5 nitrogen and oxygen atoms in total. The summed E-state index contributed by atoms with van der Waals surface area (Å²) >= 11 is 5.69. The molecule has 0 bridgehead atoms. The first kappa shape index (κ1) is 17.1. The molecule has 23 heavy (non-hydrogen) atoms. The lowest BCUT2D eigenvalue weighted by atomic mass is 10.1. The van der Waals surface area contributed by atoms with Gasteiger partial charge in [-0.15, -0.1) is 0 Å². The Hall–Kier alpha value is -2.21. The number of nitrogens with zero attached hydrogens (tertiary/aromatic N) is 2. The van der Waals surface area contributed by atoms with Crippen molar-refractivity contribution in [3.05, 3.63) is 47.0 Å². The summed E-state index contributed by atoms with van der Waals surface area (Å²) in [5.74, 6) is 0.0120. The van der Waals surface area contributed by atoms with Crippen molar-refractivity contribution in [3.63, 3.8) is 0 Å². The maximum atomic E-state index is 13.1. The summed E-state index contributed by atoms with van der Waals surface area (Å²) < 4.78 is 13.1. The van der Waals surface area contributed by atoms with Crippen molar-refractivity contribution >= 4 is 29.1 Å². The Morgan fingerprint density at radius 3 is 2.83 bits per heavy atom. The highest BCUT2D eigenvalue weighted by Gasteiger charge is 2.10. The maximum Gasteiger partial charge on any atom is 0.274 e. The number of aromatic nitrogens is 2. The van der Waals surface area contributed by atoms with Gasteiger partial charge in [-0.1, -0.05) is 25.4 Å². The first-order valence-electron chi connectivity index (χ1n) is 7.29. The number of carbonyl (C=O) groups is 1. The minimum absolute atomic E-state index is 0.0541. The van der Waals surface area contributed by atoms with Crippen LogP contribution in [0.4, 0.5) is 16.0 Å². The molecule has 0 saturated heterocycles. The molecule has 0 aliphatic heterocycles. The van der Waals surface area contributed by atoms with Gasteiger partial charge in [-0.3, -0.25) is 4.79 Å². The van der Waals surface area contributed by atoms with Crippen LogP contribution >= 0.6 is 11.6 Å². The molecule has 1 amide bonds. The number of amides is 1. The average Bonchev–Trinajstić information content (AvgIpc) is 2.51. The SMILES string of the molecule is CC(C)CCNc1nccc(C(=O)Nc2ccc(F)c(Cl)c2)n1. The molecule has 2 aromatic rings. The third-order valence-corrected chi connectivity index (χ3v) is 3.36. The van der Waals surface area contributed by atoms with Gasteiger partial charge < -0.3 is 10.6 Å². The third kappa shape index (κ3) is 5.17. The smallest absolute Gasteiger partial charge is 0.274 e. The van der Waals surface area contributed by atoms with Gasteiger partial charge >= 0.3 is 0 Å². The van der Waals surface area contributed by atoms with E-state index >= 15 is 0 Å². The summed E-state index contributed by atoms with van der Waals surface area (Å²) in [6.45, 7) is 4.98. The van der Waals surface area contributed by atoms with E-state index in [2.05, 4.69) is 34.4 Å². The topological polar surface area (TPSA) is 66.9 Å². The molecule has 1 aromatic carbocycles. The molecular formula is C16H18ClFN4O. The second-order valence-electron chi connectivity index (χ2n) is 5.46. The monoisotopic (exact) mass is 336 g/mol. The Kier molecular flexibility index (Phi) is 5.87. The van der Waals surface area contributed by atoms with E-state index in [4.69, 9.17) is 11.6 Å². The van der Waals surface area contributed by atoms with Crippen LogP contribution in [-0.2, 0) is 0 Å². The fraction of sp³-hybridized carbons (Fsp3) is 0.312. The van der Waals surface area contributed by atoms with E-state index in [1.54, 1.807) is 0 Å². The van der Waals surface area contributed by atoms with E-state index in [1.807, 2.05) is 0 Å². The van der Waals surface area contributed by atoms with E-state index in [1.165, 1.54) is 30.5 Å². The molecule has 0 aliphatic carbocycles. The van der Waals surface area contributed by atoms with Crippen molar-refractivity contribution in [2.45, 2.75) is 20.3 Å². The highest BCUT2D eigenvalue weighted by Crippen LogP contribution is 2.19. The Labute approximate surface area is 139 Å². The lowest BCUT2D eigenvalue weighted by Gasteiger charge is -2.09. The molecule has 0 aliphatic rings. The van der Waals surface area contributed by atoms with Crippen LogP contribution in [0.3, 0.4) is 0 Å². The van der Waals surface area contributed by atoms with Crippen molar-refractivity contribution in [2.75, 3.05) is 17.2 Å².